The number of nitrogens with zero attached hydrogens (tertiary/aromatic N) is 1. The monoisotopic (exact) mass is 544 g/mol. The molecule has 1 amide bonds. The van der Waals surface area contributed by atoms with Gasteiger partial charge in [0.15, 0.2) is 0 Å². The SMILES string of the molecule is CCC[N+](C)(Cc1ccc(NC(=O)c2ccc3ccccc3c2)cc1)C1CCOCC1.[I-]. The molecule has 3 aromatic rings. The molecule has 0 aromatic heterocycles. The maximum absolute atomic E-state index is 12.7. The highest BCUT2D eigenvalue weighted by Crippen LogP contribution is 2.26. The van der Waals surface area contributed by atoms with Gasteiger partial charge in [-0.15, -0.1) is 0 Å². The molecule has 1 aliphatic rings. The Hall–Kier alpha value is -1.96. The molecule has 5 heteroatoms. The molecule has 0 aliphatic carbocycles. The third kappa shape index (κ3) is 5.88. The first-order chi connectivity index (χ1) is 15.1. The van der Waals surface area contributed by atoms with E-state index in [9.17, 15) is 4.79 Å². The molecule has 1 atom stereocenters. The molecule has 170 valence electrons. The van der Waals surface area contributed by atoms with Crippen LogP contribution in [0.2, 0.25) is 0 Å². The average molecular weight is 544 g/mol. The fourth-order valence-electron chi connectivity index (χ4n) is 4.85. The van der Waals surface area contributed by atoms with Crippen molar-refractivity contribution in [3.63, 3.8) is 0 Å². The van der Waals surface area contributed by atoms with Crippen LogP contribution in [0.1, 0.15) is 42.1 Å². The predicted molar refractivity (Wildman–Crippen MR) is 127 cm³/mol. The number of carbonyl (C=O) groups excluding carboxylic acids is 1. The van der Waals surface area contributed by atoms with E-state index in [-0.39, 0.29) is 29.9 Å². The van der Waals surface area contributed by atoms with Crippen molar-refractivity contribution >= 4 is 22.4 Å². The van der Waals surface area contributed by atoms with Crippen molar-refractivity contribution in [2.45, 2.75) is 38.8 Å². The van der Waals surface area contributed by atoms with Crippen molar-refractivity contribution in [2.24, 2.45) is 0 Å². The summed E-state index contributed by atoms with van der Waals surface area (Å²) >= 11 is 0. The van der Waals surface area contributed by atoms with Crippen LogP contribution in [0.15, 0.2) is 66.7 Å². The number of amides is 1. The van der Waals surface area contributed by atoms with Gasteiger partial charge in [0.05, 0.1) is 32.8 Å². The minimum absolute atomic E-state index is 0. The maximum atomic E-state index is 12.7. The molecule has 3 aromatic carbocycles. The number of hydrogen-bond acceptors (Lipinski definition) is 2. The van der Waals surface area contributed by atoms with Gasteiger partial charge in [-0.1, -0.05) is 49.4 Å². The van der Waals surface area contributed by atoms with Gasteiger partial charge in [0, 0.05) is 29.7 Å². The van der Waals surface area contributed by atoms with Crippen molar-refractivity contribution in [3.8, 4) is 0 Å². The maximum Gasteiger partial charge on any atom is 0.255 e. The number of carbonyl (C=O) groups is 1. The highest BCUT2D eigenvalue weighted by atomic mass is 127. The third-order valence-electron chi connectivity index (χ3n) is 6.57. The Labute approximate surface area is 208 Å². The number of fused-ring (bicyclic) bond motifs is 1. The lowest BCUT2D eigenvalue weighted by molar-refractivity contribution is -0.947. The summed E-state index contributed by atoms with van der Waals surface area (Å²) in [5.74, 6) is -0.0766. The fraction of sp³-hybridized carbons (Fsp3) is 0.370. The van der Waals surface area contributed by atoms with Crippen molar-refractivity contribution in [3.05, 3.63) is 77.9 Å². The van der Waals surface area contributed by atoms with Gasteiger partial charge in [0.1, 0.15) is 6.54 Å². The number of hydrogen-bond donors (Lipinski definition) is 1. The van der Waals surface area contributed by atoms with Crippen molar-refractivity contribution in [1.82, 2.24) is 0 Å². The predicted octanol–water partition coefficient (Wildman–Crippen LogP) is 2.63. The molecular formula is C27H33IN2O2. The second kappa shape index (κ2) is 11.3. The molecule has 0 bridgehead atoms. The molecular weight excluding hydrogens is 511 g/mol. The Kier molecular flexibility index (Phi) is 8.68. The number of anilines is 1. The lowest BCUT2D eigenvalue weighted by Crippen LogP contribution is -3.00. The first-order valence-corrected chi connectivity index (χ1v) is 11.4. The standard InChI is InChI=1S/C27H32N2O2.HI/c1-3-16-29(2,26-14-17-31-18-15-26)20-21-8-12-25(13-9-21)28-27(30)24-11-10-22-6-4-5-7-23(22)19-24;/h4-13,19,26H,3,14-18,20H2,1-2H3;1H. The van der Waals surface area contributed by atoms with Crippen LogP contribution in [0, 0.1) is 0 Å². The summed E-state index contributed by atoms with van der Waals surface area (Å²) in [4.78, 5) is 12.7. The molecule has 1 N–H and O–H groups in total. The van der Waals surface area contributed by atoms with Crippen LogP contribution >= 0.6 is 0 Å². The molecule has 0 saturated carbocycles. The summed E-state index contributed by atoms with van der Waals surface area (Å²) in [5, 5.41) is 5.26. The van der Waals surface area contributed by atoms with E-state index in [4.69, 9.17) is 4.74 Å². The van der Waals surface area contributed by atoms with Crippen LogP contribution in [0.5, 0.6) is 0 Å². The molecule has 1 saturated heterocycles. The summed E-state index contributed by atoms with van der Waals surface area (Å²) in [6, 6.07) is 22.9. The Balaban J connectivity index is 0.00000289. The van der Waals surface area contributed by atoms with E-state index in [0.29, 0.717) is 11.6 Å². The Morgan fingerprint density at radius 2 is 1.69 bits per heavy atom. The van der Waals surface area contributed by atoms with Gasteiger partial charge >= 0.3 is 0 Å². The van der Waals surface area contributed by atoms with Gasteiger partial charge < -0.3 is 38.5 Å². The molecule has 4 nitrogen and oxygen atoms in total. The zero-order chi connectivity index (χ0) is 21.7. The van der Waals surface area contributed by atoms with Gasteiger partial charge in [-0.3, -0.25) is 4.79 Å². The summed E-state index contributed by atoms with van der Waals surface area (Å²) < 4.78 is 6.64. The molecule has 32 heavy (non-hydrogen) atoms. The first-order valence-electron chi connectivity index (χ1n) is 11.4. The van der Waals surface area contributed by atoms with E-state index < -0.39 is 0 Å². The van der Waals surface area contributed by atoms with Crippen LogP contribution < -0.4 is 29.3 Å². The van der Waals surface area contributed by atoms with Gasteiger partial charge in [0.2, 0.25) is 0 Å². The van der Waals surface area contributed by atoms with Crippen LogP contribution in [0.3, 0.4) is 0 Å². The topological polar surface area (TPSA) is 38.3 Å². The summed E-state index contributed by atoms with van der Waals surface area (Å²) in [7, 11) is 2.38. The van der Waals surface area contributed by atoms with Crippen LogP contribution in [-0.2, 0) is 11.3 Å². The van der Waals surface area contributed by atoms with E-state index >= 15 is 0 Å². The lowest BCUT2D eigenvalue weighted by Gasteiger charge is -2.43. The summed E-state index contributed by atoms with van der Waals surface area (Å²) in [5.41, 5.74) is 2.82. The molecule has 0 spiro atoms. The Morgan fingerprint density at radius 1 is 1.00 bits per heavy atom. The summed E-state index contributed by atoms with van der Waals surface area (Å²) in [6.07, 6.45) is 3.44. The number of ether oxygens (including phenoxy) is 1. The lowest BCUT2D eigenvalue weighted by atomic mass is 10.0. The average Bonchev–Trinajstić information content (AvgIpc) is 2.81. The minimum atomic E-state index is -0.0766. The highest BCUT2D eigenvalue weighted by molar-refractivity contribution is 6.06. The third-order valence-corrected chi connectivity index (χ3v) is 6.57. The summed E-state index contributed by atoms with van der Waals surface area (Å²) in [6.45, 7) is 6.20. The highest BCUT2D eigenvalue weighted by Gasteiger charge is 2.33. The van der Waals surface area contributed by atoms with Gasteiger partial charge in [0.25, 0.3) is 5.91 Å². The minimum Gasteiger partial charge on any atom is -1.00 e. The van der Waals surface area contributed by atoms with Gasteiger partial charge in [-0.05, 0) is 41.5 Å². The second-order valence-corrected chi connectivity index (χ2v) is 8.92. The van der Waals surface area contributed by atoms with Gasteiger partial charge in [-0.2, -0.15) is 0 Å². The number of benzene rings is 3. The molecule has 1 unspecified atom stereocenters. The van der Waals surface area contributed by atoms with Crippen LogP contribution in [-0.4, -0.2) is 43.2 Å². The van der Waals surface area contributed by atoms with Crippen molar-refractivity contribution in [2.75, 3.05) is 32.1 Å². The van der Waals surface area contributed by atoms with E-state index in [2.05, 4.69) is 37.5 Å². The Morgan fingerprint density at radius 3 is 2.38 bits per heavy atom. The fourth-order valence-corrected chi connectivity index (χ4v) is 4.85. The van der Waals surface area contributed by atoms with Crippen molar-refractivity contribution in [1.29, 1.82) is 0 Å². The van der Waals surface area contributed by atoms with Crippen molar-refractivity contribution < 1.29 is 38.0 Å². The molecule has 4 rings (SSSR count). The largest absolute Gasteiger partial charge is 1.00 e. The zero-order valence-electron chi connectivity index (χ0n) is 19.0. The quantitative estimate of drug-likeness (QED) is 0.367. The number of nitrogens with one attached hydrogen (secondary N) is 1. The number of rotatable bonds is 7. The van der Waals surface area contributed by atoms with E-state index in [1.165, 1.54) is 18.5 Å². The number of quaternary nitrogens is 1. The number of halogens is 1. The first kappa shape index (κ1) is 24.7. The van der Waals surface area contributed by atoms with Gasteiger partial charge in [-0.25, -0.2) is 0 Å². The van der Waals surface area contributed by atoms with E-state index in [0.717, 1.165) is 53.5 Å². The van der Waals surface area contributed by atoms with Crippen LogP contribution in [0.25, 0.3) is 10.8 Å². The smallest absolute Gasteiger partial charge is 0.255 e. The van der Waals surface area contributed by atoms with E-state index in [1.54, 1.807) is 0 Å². The molecule has 0 radical (unpaired) electrons. The Bertz CT molecular complexity index is 1030. The molecule has 1 aliphatic heterocycles. The molecule has 1 fully saturated rings. The second-order valence-electron chi connectivity index (χ2n) is 8.92. The zero-order valence-corrected chi connectivity index (χ0v) is 21.2. The normalized spacial score (nSPS) is 16.2. The van der Waals surface area contributed by atoms with E-state index in [1.807, 2.05) is 48.5 Å². The molecule has 1 heterocycles. The van der Waals surface area contributed by atoms with Crippen LogP contribution in [0.4, 0.5) is 5.69 Å².